The zero-order valence-corrected chi connectivity index (χ0v) is 6.89. The van der Waals surface area contributed by atoms with Crippen molar-refractivity contribution < 1.29 is 4.79 Å². The molecule has 1 aliphatic rings. The molecule has 0 aromatic carbocycles. The number of carbonyl (C=O) groups excluding carboxylic acids is 1. The molecule has 10 heavy (non-hydrogen) atoms. The van der Waals surface area contributed by atoms with Crippen LogP contribution in [-0.2, 0) is 4.79 Å². The number of rotatable bonds is 0. The topological polar surface area (TPSA) is 17.1 Å². The van der Waals surface area contributed by atoms with Crippen LogP contribution >= 0.6 is 0 Å². The van der Waals surface area contributed by atoms with E-state index in [1.807, 2.05) is 0 Å². The minimum atomic E-state index is 0.469. The maximum Gasteiger partial charge on any atom is 0.133 e. The predicted molar refractivity (Wildman–Crippen MR) is 41.8 cm³/mol. The minimum Gasteiger partial charge on any atom is -0.300 e. The first kappa shape index (κ1) is 7.77. The lowest BCUT2D eigenvalue weighted by atomic mass is 9.96. The second-order valence-corrected chi connectivity index (χ2v) is 3.73. The van der Waals surface area contributed by atoms with Crippen LogP contribution in [0.5, 0.6) is 0 Å². The molecule has 1 aliphatic carbocycles. The molecule has 0 bridgehead atoms. The van der Waals surface area contributed by atoms with Crippen LogP contribution in [-0.4, -0.2) is 5.78 Å². The van der Waals surface area contributed by atoms with Gasteiger partial charge in [-0.2, -0.15) is 0 Å². The quantitative estimate of drug-likeness (QED) is 0.472. The largest absolute Gasteiger partial charge is 0.300 e. The van der Waals surface area contributed by atoms with Crippen LogP contribution in [0.25, 0.3) is 0 Å². The van der Waals surface area contributed by atoms with Gasteiger partial charge >= 0.3 is 0 Å². The maximum absolute atomic E-state index is 11.0. The van der Waals surface area contributed by atoms with Crippen LogP contribution in [0.2, 0.25) is 0 Å². The summed E-state index contributed by atoms with van der Waals surface area (Å²) < 4.78 is 0. The van der Waals surface area contributed by atoms with E-state index in [0.29, 0.717) is 11.7 Å². The van der Waals surface area contributed by atoms with Gasteiger partial charge in [-0.1, -0.05) is 13.8 Å². The van der Waals surface area contributed by atoms with Crippen molar-refractivity contribution in [3.63, 3.8) is 0 Å². The van der Waals surface area contributed by atoms with Gasteiger partial charge in [0.2, 0.25) is 0 Å². The van der Waals surface area contributed by atoms with Gasteiger partial charge in [-0.05, 0) is 24.7 Å². The van der Waals surface area contributed by atoms with Crippen LogP contribution in [0.3, 0.4) is 0 Å². The zero-order valence-electron chi connectivity index (χ0n) is 6.89. The Morgan fingerprint density at radius 1 is 1.30 bits per heavy atom. The molecule has 1 nitrogen and oxygen atoms in total. The molecule has 1 heteroatoms. The fraction of sp³-hybridized carbons (Fsp3) is 0.889. The average molecular weight is 140 g/mol. The number of hydrogen-bond acceptors (Lipinski definition) is 1. The van der Waals surface area contributed by atoms with E-state index < -0.39 is 0 Å². The lowest BCUT2D eigenvalue weighted by molar-refractivity contribution is -0.119. The Bertz CT molecular complexity index is 129. The van der Waals surface area contributed by atoms with Gasteiger partial charge in [0.15, 0.2) is 0 Å². The molecule has 2 atom stereocenters. The van der Waals surface area contributed by atoms with Gasteiger partial charge in [0, 0.05) is 12.8 Å². The highest BCUT2D eigenvalue weighted by molar-refractivity contribution is 5.78. The number of hydrogen-bond donors (Lipinski definition) is 0. The van der Waals surface area contributed by atoms with Crippen molar-refractivity contribution in [2.75, 3.05) is 0 Å². The maximum atomic E-state index is 11.0. The summed E-state index contributed by atoms with van der Waals surface area (Å²) in [7, 11) is 0. The van der Waals surface area contributed by atoms with Crippen molar-refractivity contribution in [3.05, 3.63) is 0 Å². The van der Waals surface area contributed by atoms with E-state index in [4.69, 9.17) is 0 Å². The van der Waals surface area contributed by atoms with Crippen molar-refractivity contribution in [2.45, 2.75) is 39.5 Å². The molecule has 0 unspecified atom stereocenters. The van der Waals surface area contributed by atoms with Crippen molar-refractivity contribution in [2.24, 2.45) is 11.8 Å². The molecule has 0 aliphatic heterocycles. The first-order valence-electron chi connectivity index (χ1n) is 4.20. The molecule has 0 N–H and O–H groups in total. The van der Waals surface area contributed by atoms with Crippen molar-refractivity contribution in [1.82, 2.24) is 0 Å². The Morgan fingerprint density at radius 3 is 2.70 bits per heavy atom. The Hall–Kier alpha value is -0.330. The molecule has 0 aromatic rings. The highest BCUT2D eigenvalue weighted by atomic mass is 16.1. The third-order valence-corrected chi connectivity index (χ3v) is 2.30. The minimum absolute atomic E-state index is 0.469. The lowest BCUT2D eigenvalue weighted by Gasteiger charge is -2.09. The standard InChI is InChI=1S/C9H16O/c1-7-3-4-9(10)6-8(2)5-7/h7-8H,3-6H2,1-2H3/t7-,8+/m1/s1. The molecule has 1 rings (SSSR count). The molecule has 0 saturated heterocycles. The average Bonchev–Trinajstić information content (AvgIpc) is 1.93. The summed E-state index contributed by atoms with van der Waals surface area (Å²) in [5.41, 5.74) is 0. The second-order valence-electron chi connectivity index (χ2n) is 3.73. The van der Waals surface area contributed by atoms with Crippen molar-refractivity contribution in [1.29, 1.82) is 0 Å². The van der Waals surface area contributed by atoms with Crippen molar-refractivity contribution in [3.8, 4) is 0 Å². The number of carbonyl (C=O) groups is 1. The van der Waals surface area contributed by atoms with Crippen molar-refractivity contribution >= 4 is 5.78 Å². The summed E-state index contributed by atoms with van der Waals surface area (Å²) in [4.78, 5) is 11.0. The fourth-order valence-electron chi connectivity index (χ4n) is 1.79. The Morgan fingerprint density at radius 2 is 2.00 bits per heavy atom. The second kappa shape index (κ2) is 3.18. The Balaban J connectivity index is 2.46. The first-order chi connectivity index (χ1) is 4.68. The number of Topliss-reactive ketones (excluding diaryl/α,β-unsaturated/α-hetero) is 1. The molecular formula is C9H16O. The van der Waals surface area contributed by atoms with Crippen LogP contribution in [0, 0.1) is 11.8 Å². The van der Waals surface area contributed by atoms with Gasteiger partial charge in [0.05, 0.1) is 0 Å². The van der Waals surface area contributed by atoms with Crippen LogP contribution in [0.1, 0.15) is 39.5 Å². The molecule has 0 aromatic heterocycles. The highest BCUT2D eigenvalue weighted by Crippen LogP contribution is 2.24. The van der Waals surface area contributed by atoms with Crippen LogP contribution < -0.4 is 0 Å². The van der Waals surface area contributed by atoms with E-state index in [1.165, 1.54) is 6.42 Å². The molecule has 0 radical (unpaired) electrons. The van der Waals surface area contributed by atoms with E-state index in [0.717, 1.165) is 25.2 Å². The van der Waals surface area contributed by atoms with Crippen LogP contribution in [0.15, 0.2) is 0 Å². The highest BCUT2D eigenvalue weighted by Gasteiger charge is 2.17. The third kappa shape index (κ3) is 2.13. The molecular weight excluding hydrogens is 124 g/mol. The van der Waals surface area contributed by atoms with E-state index in [1.54, 1.807) is 0 Å². The SMILES string of the molecule is C[C@@H]1CCC(=O)C[C@@H](C)C1. The van der Waals surface area contributed by atoms with E-state index >= 15 is 0 Å². The van der Waals surface area contributed by atoms with E-state index in [9.17, 15) is 4.79 Å². The number of ketones is 1. The van der Waals surface area contributed by atoms with Gasteiger partial charge in [0.25, 0.3) is 0 Å². The molecule has 58 valence electrons. The van der Waals surface area contributed by atoms with Gasteiger partial charge in [-0.25, -0.2) is 0 Å². The summed E-state index contributed by atoms with van der Waals surface area (Å²) in [6.07, 6.45) is 4.00. The van der Waals surface area contributed by atoms with E-state index in [2.05, 4.69) is 13.8 Å². The van der Waals surface area contributed by atoms with Gasteiger partial charge < -0.3 is 0 Å². The molecule has 1 fully saturated rings. The van der Waals surface area contributed by atoms with Gasteiger partial charge in [-0.3, -0.25) is 4.79 Å². The summed E-state index contributed by atoms with van der Waals surface area (Å²) in [6.45, 7) is 4.43. The molecule has 0 amide bonds. The predicted octanol–water partition coefficient (Wildman–Crippen LogP) is 2.40. The third-order valence-electron chi connectivity index (χ3n) is 2.30. The summed E-state index contributed by atoms with van der Waals surface area (Å²) >= 11 is 0. The molecule has 0 spiro atoms. The fourth-order valence-corrected chi connectivity index (χ4v) is 1.79. The summed E-state index contributed by atoms with van der Waals surface area (Å²) in [5.74, 6) is 1.86. The Labute approximate surface area is 62.8 Å². The first-order valence-corrected chi connectivity index (χ1v) is 4.20. The van der Waals surface area contributed by atoms with E-state index in [-0.39, 0.29) is 0 Å². The lowest BCUT2D eigenvalue weighted by Crippen LogP contribution is -2.01. The Kier molecular flexibility index (Phi) is 2.47. The normalized spacial score (nSPS) is 35.6. The summed E-state index contributed by atoms with van der Waals surface area (Å²) in [5, 5.41) is 0. The van der Waals surface area contributed by atoms with Crippen LogP contribution in [0.4, 0.5) is 0 Å². The summed E-state index contributed by atoms with van der Waals surface area (Å²) in [6, 6.07) is 0. The monoisotopic (exact) mass is 140 g/mol. The zero-order chi connectivity index (χ0) is 7.56. The van der Waals surface area contributed by atoms with Gasteiger partial charge in [0.1, 0.15) is 5.78 Å². The van der Waals surface area contributed by atoms with Gasteiger partial charge in [-0.15, -0.1) is 0 Å². The molecule has 1 saturated carbocycles. The smallest absolute Gasteiger partial charge is 0.133 e. The molecule has 0 heterocycles.